The number of carbonyl (C=O) groups is 2. The lowest BCUT2D eigenvalue weighted by molar-refractivity contribution is 0.111. The zero-order valence-electron chi connectivity index (χ0n) is 35.2. The van der Waals surface area contributed by atoms with Crippen molar-refractivity contribution < 1.29 is 9.59 Å². The van der Waals surface area contributed by atoms with Gasteiger partial charge in [0.15, 0.2) is 12.6 Å². The van der Waals surface area contributed by atoms with Crippen molar-refractivity contribution in [3.8, 4) is 48.8 Å². The van der Waals surface area contributed by atoms with Crippen LogP contribution in [0.1, 0.15) is 172 Å². The molecule has 0 aromatic carbocycles. The van der Waals surface area contributed by atoms with Crippen LogP contribution in [0.4, 0.5) is 0 Å². The van der Waals surface area contributed by atoms with Crippen molar-refractivity contribution in [2.24, 2.45) is 0 Å². The van der Waals surface area contributed by atoms with Crippen LogP contribution in [0.3, 0.4) is 0 Å². The minimum Gasteiger partial charge on any atom is -0.297 e. The van der Waals surface area contributed by atoms with E-state index in [-0.39, 0.29) is 0 Å². The van der Waals surface area contributed by atoms with Gasteiger partial charge in [0.2, 0.25) is 0 Å². The second-order valence-electron chi connectivity index (χ2n) is 15.7. The van der Waals surface area contributed by atoms with Crippen LogP contribution < -0.4 is 0 Å². The van der Waals surface area contributed by atoms with Gasteiger partial charge in [-0.2, -0.15) is 0 Å². The van der Waals surface area contributed by atoms with Gasteiger partial charge in [-0.25, -0.2) is 0 Å². The molecular weight excluding hydrogens is 825 g/mol. The maximum absolute atomic E-state index is 11.9. The third kappa shape index (κ3) is 11.9. The molecule has 0 atom stereocenters. The first-order valence-corrected chi connectivity index (χ1v) is 27.0. The van der Waals surface area contributed by atoms with Gasteiger partial charge in [-0.3, -0.25) is 9.59 Å². The fourth-order valence-electron chi connectivity index (χ4n) is 7.83. The number of hydrogen-bond acceptors (Lipinski definition) is 8. The summed E-state index contributed by atoms with van der Waals surface area (Å²) in [5.74, 6) is 0. The molecule has 0 saturated carbocycles. The SMILES string of the molecule is CCCCCCc1cc(C=O)sc1-c1ccc(-c2sc(-c3cc(CCCCCC)c(-c4ccc(-c5sc(C=O)cc5CCCCCC)s4)s3)cc2CCCCCC)s1. The average Bonchev–Trinajstić information content (AvgIpc) is 4.09. The number of aldehydes is 2. The molecule has 0 saturated heterocycles. The second kappa shape index (κ2) is 23.5. The molecule has 310 valence electrons. The van der Waals surface area contributed by atoms with E-state index in [0.717, 1.165) is 48.0 Å². The maximum Gasteiger partial charge on any atom is 0.160 e. The van der Waals surface area contributed by atoms with E-state index in [0.29, 0.717) is 0 Å². The highest BCUT2D eigenvalue weighted by atomic mass is 32.1. The quantitative estimate of drug-likeness (QED) is 0.0381. The molecule has 0 N–H and O–H groups in total. The van der Waals surface area contributed by atoms with Crippen LogP contribution >= 0.6 is 68.0 Å². The van der Waals surface area contributed by atoms with Crippen LogP contribution in [0.2, 0.25) is 0 Å². The molecule has 0 unspecified atom stereocenters. The van der Waals surface area contributed by atoms with E-state index in [1.807, 2.05) is 45.3 Å². The molecule has 0 aliphatic heterocycles. The Morgan fingerprint density at radius 2 is 0.638 bits per heavy atom. The van der Waals surface area contributed by atoms with Crippen molar-refractivity contribution >= 4 is 80.6 Å². The second-order valence-corrected chi connectivity index (χ2v) is 22.2. The molecule has 6 heterocycles. The number of aryl methyl sites for hydroxylation is 4. The number of rotatable bonds is 27. The lowest BCUT2D eigenvalue weighted by Gasteiger charge is -2.03. The van der Waals surface area contributed by atoms with Crippen molar-refractivity contribution in [3.05, 3.63) is 80.5 Å². The first kappa shape index (κ1) is 45.1. The van der Waals surface area contributed by atoms with Crippen molar-refractivity contribution in [1.29, 1.82) is 0 Å². The molecule has 0 bridgehead atoms. The monoisotopic (exact) mass is 886 g/mol. The molecule has 0 aliphatic rings. The third-order valence-corrected chi connectivity index (χ3v) is 18.7. The number of thiophene rings is 6. The van der Waals surface area contributed by atoms with Crippen molar-refractivity contribution in [2.75, 3.05) is 0 Å². The molecule has 6 rings (SSSR count). The van der Waals surface area contributed by atoms with Crippen molar-refractivity contribution in [2.45, 2.75) is 156 Å². The van der Waals surface area contributed by atoms with Gasteiger partial charge < -0.3 is 0 Å². The highest BCUT2D eigenvalue weighted by Gasteiger charge is 2.22. The molecule has 58 heavy (non-hydrogen) atoms. The van der Waals surface area contributed by atoms with Crippen LogP contribution in [-0.4, -0.2) is 12.6 Å². The largest absolute Gasteiger partial charge is 0.297 e. The third-order valence-electron chi connectivity index (χ3n) is 11.1. The Morgan fingerprint density at radius 1 is 0.345 bits per heavy atom. The first-order chi connectivity index (χ1) is 28.5. The Bertz CT molecular complexity index is 2010. The summed E-state index contributed by atoms with van der Waals surface area (Å²) in [5, 5.41) is 0. The molecule has 0 aliphatic carbocycles. The normalized spacial score (nSPS) is 11.6. The molecule has 0 amide bonds. The van der Waals surface area contributed by atoms with E-state index >= 15 is 0 Å². The van der Waals surface area contributed by atoms with Crippen molar-refractivity contribution in [3.63, 3.8) is 0 Å². The summed E-state index contributed by atoms with van der Waals surface area (Å²) in [6.45, 7) is 9.10. The molecular formula is C50H62O2S6. The zero-order chi connectivity index (χ0) is 40.7. The minimum atomic E-state index is 0.839. The Labute approximate surface area is 372 Å². The predicted molar refractivity (Wildman–Crippen MR) is 263 cm³/mol. The Balaban J connectivity index is 1.33. The summed E-state index contributed by atoms with van der Waals surface area (Å²) < 4.78 is 0. The Morgan fingerprint density at radius 3 is 0.931 bits per heavy atom. The predicted octanol–water partition coefficient (Wildman–Crippen LogP) is 18.5. The highest BCUT2D eigenvalue weighted by Crippen LogP contribution is 2.50. The van der Waals surface area contributed by atoms with Crippen LogP contribution in [-0.2, 0) is 25.7 Å². The summed E-state index contributed by atoms with van der Waals surface area (Å²) in [6.07, 6.45) is 26.2. The van der Waals surface area contributed by atoms with E-state index in [1.54, 1.807) is 22.7 Å². The smallest absolute Gasteiger partial charge is 0.160 e. The Hall–Kier alpha value is -2.46. The van der Waals surface area contributed by atoms with Gasteiger partial charge in [0.1, 0.15) is 0 Å². The zero-order valence-corrected chi connectivity index (χ0v) is 40.1. The van der Waals surface area contributed by atoms with Gasteiger partial charge in [0.05, 0.1) is 9.75 Å². The van der Waals surface area contributed by atoms with Gasteiger partial charge in [-0.15, -0.1) is 68.0 Å². The fraction of sp³-hybridized carbons (Fsp3) is 0.480. The first-order valence-electron chi connectivity index (χ1n) is 22.1. The summed E-state index contributed by atoms with van der Waals surface area (Å²) >= 11 is 11.1. The molecule has 0 spiro atoms. The van der Waals surface area contributed by atoms with Crippen LogP contribution in [0, 0.1) is 0 Å². The van der Waals surface area contributed by atoms with E-state index in [1.165, 1.54) is 174 Å². The lowest BCUT2D eigenvalue weighted by Crippen LogP contribution is -1.85. The number of carbonyl (C=O) groups excluding carboxylic acids is 2. The molecule has 6 aromatic rings. The average molecular weight is 887 g/mol. The number of hydrogen-bond donors (Lipinski definition) is 0. The van der Waals surface area contributed by atoms with Crippen LogP contribution in [0.25, 0.3) is 48.8 Å². The molecule has 8 heteroatoms. The summed E-state index contributed by atoms with van der Waals surface area (Å²) in [4.78, 5) is 38.9. The standard InChI is InChI=1S/C50H62O2S6/c1-5-9-13-17-21-35-29-39(33-51)53-47(35)41-25-27-43(55-41)49-37(23-19-15-11-7-3)31-45(57-49)46-32-38(24-20-16-12-8-4)50(58-46)44-28-26-42(56-44)48-36(22-18-14-10-6-2)30-40(34-52)54-48/h25-34H,5-24H2,1-4H3. The molecule has 0 fully saturated rings. The van der Waals surface area contributed by atoms with Gasteiger partial charge >= 0.3 is 0 Å². The van der Waals surface area contributed by atoms with E-state index < -0.39 is 0 Å². The molecule has 2 nitrogen and oxygen atoms in total. The Kier molecular flexibility index (Phi) is 18.3. The summed E-state index contributed by atoms with van der Waals surface area (Å²) in [6, 6.07) is 18.6. The molecule has 6 aromatic heterocycles. The molecule has 0 radical (unpaired) electrons. The lowest BCUT2D eigenvalue weighted by atomic mass is 10.0. The minimum absolute atomic E-state index is 0.839. The summed E-state index contributed by atoms with van der Waals surface area (Å²) in [7, 11) is 0. The van der Waals surface area contributed by atoms with Gasteiger partial charge in [-0.05, 0) is 122 Å². The van der Waals surface area contributed by atoms with Gasteiger partial charge in [-0.1, -0.05) is 105 Å². The number of unbranched alkanes of at least 4 members (excludes halogenated alkanes) is 12. The van der Waals surface area contributed by atoms with E-state index in [9.17, 15) is 9.59 Å². The fourth-order valence-corrected chi connectivity index (χ4v) is 15.0. The van der Waals surface area contributed by atoms with Crippen molar-refractivity contribution in [1.82, 2.24) is 0 Å². The van der Waals surface area contributed by atoms with Gasteiger partial charge in [0.25, 0.3) is 0 Å². The maximum atomic E-state index is 11.9. The highest BCUT2D eigenvalue weighted by molar-refractivity contribution is 7.30. The van der Waals surface area contributed by atoms with E-state index in [4.69, 9.17) is 0 Å². The van der Waals surface area contributed by atoms with Crippen LogP contribution in [0.15, 0.2) is 48.5 Å². The van der Waals surface area contributed by atoms with E-state index in [2.05, 4.69) is 76.2 Å². The van der Waals surface area contributed by atoms with Crippen LogP contribution in [0.5, 0.6) is 0 Å². The topological polar surface area (TPSA) is 34.1 Å². The van der Waals surface area contributed by atoms with Gasteiger partial charge in [0, 0.05) is 48.8 Å². The summed E-state index contributed by atoms with van der Waals surface area (Å²) in [5.41, 5.74) is 5.64.